The molecule has 138 valence electrons. The largest absolute Gasteiger partial charge is 0.347 e. The molecule has 0 aliphatic carbocycles. The van der Waals surface area contributed by atoms with Crippen molar-refractivity contribution < 1.29 is 9.18 Å². The summed E-state index contributed by atoms with van der Waals surface area (Å²) >= 11 is 0. The van der Waals surface area contributed by atoms with E-state index >= 15 is 0 Å². The van der Waals surface area contributed by atoms with Gasteiger partial charge in [-0.05, 0) is 23.8 Å². The van der Waals surface area contributed by atoms with Crippen LogP contribution in [0, 0.1) is 5.82 Å². The van der Waals surface area contributed by atoms with E-state index < -0.39 is 0 Å². The summed E-state index contributed by atoms with van der Waals surface area (Å²) in [4.78, 5) is 21.4. The molecule has 28 heavy (non-hydrogen) atoms. The van der Waals surface area contributed by atoms with Crippen LogP contribution in [0.4, 0.5) is 4.39 Å². The molecule has 1 amide bonds. The first-order valence-electron chi connectivity index (χ1n) is 8.77. The van der Waals surface area contributed by atoms with Gasteiger partial charge in [-0.25, -0.2) is 19.0 Å². The number of nitrogens with one attached hydrogen (secondary N) is 1. The maximum atomic E-state index is 13.9. The number of hydrogen-bond acceptors (Lipinski definition) is 4. The van der Waals surface area contributed by atoms with Crippen LogP contribution >= 0.6 is 0 Å². The third-order valence-corrected chi connectivity index (χ3v) is 4.75. The Kier molecular flexibility index (Phi) is 3.75. The van der Waals surface area contributed by atoms with Crippen molar-refractivity contribution in [2.24, 2.45) is 0 Å². The Morgan fingerprint density at radius 2 is 2.00 bits per heavy atom. The number of carbonyl (C=O) groups is 1. The van der Waals surface area contributed by atoms with E-state index in [0.717, 1.165) is 5.56 Å². The predicted octanol–water partition coefficient (Wildman–Crippen LogP) is 2.56. The van der Waals surface area contributed by atoms with Gasteiger partial charge in [0.15, 0.2) is 11.5 Å². The highest BCUT2D eigenvalue weighted by Crippen LogP contribution is 2.31. The number of carbonyl (C=O) groups excluding carboxylic acids is 1. The van der Waals surface area contributed by atoms with E-state index in [-0.39, 0.29) is 11.7 Å². The Bertz CT molecular complexity index is 1180. The standard InChI is InChI=1S/C20H15FN6O/c21-14-6-7-16-15(8-14)19-23-11-25-27(19)10-17-18(24-12-26(16)17)20(28)22-9-13-4-2-1-3-5-13/h1-8,11-12H,9-10H2,(H,22,28). The summed E-state index contributed by atoms with van der Waals surface area (Å²) < 4.78 is 17.3. The van der Waals surface area contributed by atoms with Crippen LogP contribution in [-0.2, 0) is 13.1 Å². The quantitative estimate of drug-likeness (QED) is 0.527. The topological polar surface area (TPSA) is 77.6 Å². The molecule has 2 aromatic heterocycles. The maximum absolute atomic E-state index is 13.9. The van der Waals surface area contributed by atoms with Gasteiger partial charge in [0, 0.05) is 12.1 Å². The highest BCUT2D eigenvalue weighted by atomic mass is 19.1. The Labute approximate surface area is 159 Å². The summed E-state index contributed by atoms with van der Waals surface area (Å²) in [5.41, 5.74) is 3.29. The molecule has 0 fully saturated rings. The number of imidazole rings is 1. The van der Waals surface area contributed by atoms with Crippen molar-refractivity contribution >= 4 is 5.91 Å². The molecular formula is C20H15FN6O. The van der Waals surface area contributed by atoms with Crippen LogP contribution in [0.25, 0.3) is 17.1 Å². The molecule has 0 unspecified atom stereocenters. The second-order valence-corrected chi connectivity index (χ2v) is 6.48. The summed E-state index contributed by atoms with van der Waals surface area (Å²) in [7, 11) is 0. The maximum Gasteiger partial charge on any atom is 0.272 e. The van der Waals surface area contributed by atoms with Crippen LogP contribution in [0.2, 0.25) is 0 Å². The fourth-order valence-corrected chi connectivity index (χ4v) is 3.41. The number of nitrogens with zero attached hydrogens (tertiary/aromatic N) is 5. The lowest BCUT2D eigenvalue weighted by Gasteiger charge is -2.09. The molecule has 3 heterocycles. The lowest BCUT2D eigenvalue weighted by atomic mass is 10.1. The van der Waals surface area contributed by atoms with Crippen LogP contribution < -0.4 is 5.32 Å². The molecule has 8 heteroatoms. The molecular weight excluding hydrogens is 359 g/mol. The van der Waals surface area contributed by atoms with E-state index in [2.05, 4.69) is 20.4 Å². The molecule has 0 bridgehead atoms. The lowest BCUT2D eigenvalue weighted by molar-refractivity contribution is 0.0945. The highest BCUT2D eigenvalue weighted by Gasteiger charge is 2.26. The van der Waals surface area contributed by atoms with Gasteiger partial charge in [-0.15, -0.1) is 0 Å². The summed E-state index contributed by atoms with van der Waals surface area (Å²) in [6.07, 6.45) is 3.00. The minimum absolute atomic E-state index is 0.273. The van der Waals surface area contributed by atoms with Gasteiger partial charge in [-0.1, -0.05) is 30.3 Å². The van der Waals surface area contributed by atoms with Crippen LogP contribution in [-0.4, -0.2) is 30.2 Å². The van der Waals surface area contributed by atoms with Crippen molar-refractivity contribution in [2.45, 2.75) is 13.1 Å². The summed E-state index contributed by atoms with van der Waals surface area (Å²) in [6, 6.07) is 14.1. The molecule has 0 saturated heterocycles. The predicted molar refractivity (Wildman–Crippen MR) is 99.3 cm³/mol. The zero-order valence-corrected chi connectivity index (χ0v) is 14.7. The van der Waals surface area contributed by atoms with E-state index in [1.807, 2.05) is 30.3 Å². The Hall–Kier alpha value is -3.81. The SMILES string of the molecule is O=C(NCc1ccccc1)c1ncn2c1Cn1ncnc1-c1cc(F)ccc1-2. The monoisotopic (exact) mass is 374 g/mol. The first-order chi connectivity index (χ1) is 13.7. The van der Waals surface area contributed by atoms with Crippen molar-refractivity contribution in [2.75, 3.05) is 0 Å². The van der Waals surface area contributed by atoms with Gasteiger partial charge in [0.05, 0.1) is 17.9 Å². The van der Waals surface area contributed by atoms with Gasteiger partial charge in [-0.2, -0.15) is 5.10 Å². The number of halogens is 1. The molecule has 0 saturated carbocycles. The third-order valence-electron chi connectivity index (χ3n) is 4.75. The van der Waals surface area contributed by atoms with E-state index in [4.69, 9.17) is 0 Å². The van der Waals surface area contributed by atoms with Gasteiger partial charge < -0.3 is 5.32 Å². The first kappa shape index (κ1) is 16.4. The Balaban J connectivity index is 1.54. The van der Waals surface area contributed by atoms with Crippen LogP contribution in [0.15, 0.2) is 61.2 Å². The second kappa shape index (κ2) is 6.41. The summed E-state index contributed by atoms with van der Waals surface area (Å²) in [5, 5.41) is 7.13. The fourth-order valence-electron chi connectivity index (χ4n) is 3.41. The van der Waals surface area contributed by atoms with Crippen LogP contribution in [0.3, 0.4) is 0 Å². The lowest BCUT2D eigenvalue weighted by Crippen LogP contribution is -2.25. The van der Waals surface area contributed by atoms with Crippen molar-refractivity contribution in [3.8, 4) is 17.1 Å². The van der Waals surface area contributed by atoms with Gasteiger partial charge in [-0.3, -0.25) is 9.36 Å². The first-order valence-corrected chi connectivity index (χ1v) is 8.77. The summed E-state index contributed by atoms with van der Waals surface area (Å²) in [5.74, 6) is -0.0867. The van der Waals surface area contributed by atoms with Gasteiger partial charge in [0.25, 0.3) is 5.91 Å². The fraction of sp³-hybridized carbons (Fsp3) is 0.100. The molecule has 4 aromatic rings. The average Bonchev–Trinajstić information content (AvgIpc) is 3.32. The second-order valence-electron chi connectivity index (χ2n) is 6.48. The van der Waals surface area contributed by atoms with Crippen molar-refractivity contribution in [1.29, 1.82) is 0 Å². The van der Waals surface area contributed by atoms with Crippen molar-refractivity contribution in [3.63, 3.8) is 0 Å². The molecule has 0 atom stereocenters. The van der Waals surface area contributed by atoms with Gasteiger partial charge in [0.2, 0.25) is 0 Å². The number of rotatable bonds is 3. The zero-order chi connectivity index (χ0) is 19.1. The van der Waals surface area contributed by atoms with Crippen molar-refractivity contribution in [3.05, 3.63) is 84.0 Å². The third kappa shape index (κ3) is 2.66. The molecule has 0 spiro atoms. The number of amides is 1. The number of fused-ring (bicyclic) bond motifs is 5. The molecule has 7 nitrogen and oxygen atoms in total. The van der Waals surface area contributed by atoms with E-state index in [1.165, 1.54) is 18.5 Å². The molecule has 5 rings (SSSR count). The molecule has 1 N–H and O–H groups in total. The minimum atomic E-state index is -0.363. The van der Waals surface area contributed by atoms with E-state index in [0.29, 0.717) is 41.6 Å². The highest BCUT2D eigenvalue weighted by molar-refractivity contribution is 5.93. The Morgan fingerprint density at radius 1 is 1.14 bits per heavy atom. The van der Waals surface area contributed by atoms with Gasteiger partial charge >= 0.3 is 0 Å². The van der Waals surface area contributed by atoms with E-state index in [9.17, 15) is 9.18 Å². The molecule has 0 radical (unpaired) electrons. The average molecular weight is 374 g/mol. The van der Waals surface area contributed by atoms with Gasteiger partial charge in [0.1, 0.15) is 18.5 Å². The molecule has 1 aliphatic rings. The molecule has 2 aromatic carbocycles. The summed E-state index contributed by atoms with van der Waals surface area (Å²) in [6.45, 7) is 0.710. The smallest absolute Gasteiger partial charge is 0.272 e. The number of aromatic nitrogens is 5. The number of benzene rings is 2. The van der Waals surface area contributed by atoms with Crippen LogP contribution in [0.5, 0.6) is 0 Å². The van der Waals surface area contributed by atoms with E-state index in [1.54, 1.807) is 21.6 Å². The van der Waals surface area contributed by atoms with Crippen LogP contribution in [0.1, 0.15) is 21.7 Å². The normalized spacial score (nSPS) is 11.9. The zero-order valence-electron chi connectivity index (χ0n) is 14.7. The Morgan fingerprint density at radius 3 is 2.86 bits per heavy atom. The molecule has 1 aliphatic heterocycles. The van der Waals surface area contributed by atoms with Crippen molar-refractivity contribution in [1.82, 2.24) is 29.6 Å². The number of hydrogen-bond donors (Lipinski definition) is 1. The minimum Gasteiger partial charge on any atom is -0.347 e.